The van der Waals surface area contributed by atoms with Crippen LogP contribution in [0, 0.1) is 11.3 Å². The Morgan fingerprint density at radius 3 is 2.59 bits per heavy atom. The fraction of sp³-hybridized carbons (Fsp3) is 0.864. The van der Waals surface area contributed by atoms with Crippen LogP contribution in [0.5, 0.6) is 0 Å². The average Bonchev–Trinajstić information content (AvgIpc) is 2.98. The lowest BCUT2D eigenvalue weighted by atomic mass is 9.73. The van der Waals surface area contributed by atoms with Gasteiger partial charge in [0.1, 0.15) is 5.78 Å². The van der Waals surface area contributed by atoms with E-state index in [-0.39, 0.29) is 22.8 Å². The molecule has 5 heteroatoms. The lowest BCUT2D eigenvalue weighted by Crippen LogP contribution is -2.43. The molecule has 0 heterocycles. The van der Waals surface area contributed by atoms with Crippen LogP contribution in [0.2, 0.25) is 18.1 Å². The van der Waals surface area contributed by atoms with Crippen molar-refractivity contribution in [1.29, 1.82) is 0 Å². The van der Waals surface area contributed by atoms with Gasteiger partial charge in [0.15, 0.2) is 14.6 Å². The molecule has 2 fully saturated rings. The monoisotopic (exact) mass is 396 g/mol. The molecule has 0 aromatic carbocycles. The quantitative estimate of drug-likeness (QED) is 0.294. The number of carbonyl (C=O) groups is 1. The Labute approximate surface area is 167 Å². The molecular formula is C22H40O4Si. The second kappa shape index (κ2) is 8.48. The van der Waals surface area contributed by atoms with Crippen molar-refractivity contribution in [3.63, 3.8) is 0 Å². The summed E-state index contributed by atoms with van der Waals surface area (Å²) >= 11 is 0. The molecule has 4 atom stereocenters. The topological polar surface area (TPSA) is 44.8 Å². The van der Waals surface area contributed by atoms with E-state index in [0.29, 0.717) is 37.8 Å². The van der Waals surface area contributed by atoms with Crippen LogP contribution in [0.1, 0.15) is 66.7 Å². The molecular weight excluding hydrogens is 356 g/mol. The number of rotatable bonds is 9. The van der Waals surface area contributed by atoms with E-state index >= 15 is 0 Å². The molecule has 156 valence electrons. The maximum absolute atomic E-state index is 12.3. The van der Waals surface area contributed by atoms with Gasteiger partial charge in [0.05, 0.1) is 6.61 Å². The maximum atomic E-state index is 12.3. The molecule has 2 rings (SSSR count). The van der Waals surface area contributed by atoms with Crippen molar-refractivity contribution in [2.75, 3.05) is 13.2 Å². The van der Waals surface area contributed by atoms with Gasteiger partial charge in [0.2, 0.25) is 0 Å². The molecule has 0 aromatic rings. The van der Waals surface area contributed by atoms with Crippen molar-refractivity contribution in [2.24, 2.45) is 11.3 Å². The van der Waals surface area contributed by atoms with Gasteiger partial charge >= 0.3 is 0 Å². The predicted molar refractivity (Wildman–Crippen MR) is 112 cm³/mol. The van der Waals surface area contributed by atoms with Gasteiger partial charge in [-0.3, -0.25) is 4.79 Å². The van der Waals surface area contributed by atoms with E-state index in [1.54, 1.807) is 0 Å². The van der Waals surface area contributed by atoms with Crippen molar-refractivity contribution in [2.45, 2.75) is 97.2 Å². The van der Waals surface area contributed by atoms with E-state index < -0.39 is 8.32 Å². The lowest BCUT2D eigenvalue weighted by molar-refractivity contribution is -0.126. The summed E-state index contributed by atoms with van der Waals surface area (Å²) in [6.07, 6.45) is 4.10. The summed E-state index contributed by atoms with van der Waals surface area (Å²) in [6.45, 7) is 21.0. The van der Waals surface area contributed by atoms with E-state index in [2.05, 4.69) is 40.4 Å². The summed E-state index contributed by atoms with van der Waals surface area (Å²) in [5.41, 5.74) is 1.09. The second-order valence-corrected chi connectivity index (χ2v) is 14.7. The van der Waals surface area contributed by atoms with Crippen LogP contribution in [0.25, 0.3) is 0 Å². The fourth-order valence-corrected chi connectivity index (χ4v) is 5.88. The summed E-state index contributed by atoms with van der Waals surface area (Å²) in [4.78, 5) is 12.3. The zero-order valence-corrected chi connectivity index (χ0v) is 19.5. The molecule has 4 nitrogen and oxygen atoms in total. The first kappa shape index (κ1) is 22.8. The van der Waals surface area contributed by atoms with E-state index in [0.717, 1.165) is 19.3 Å². The Balaban J connectivity index is 2.02. The Kier molecular flexibility index (Phi) is 7.16. The predicted octanol–water partition coefficient (Wildman–Crippen LogP) is 5.48. The second-order valence-electron chi connectivity index (χ2n) is 9.96. The summed E-state index contributed by atoms with van der Waals surface area (Å²) in [5, 5.41) is 0.202. The van der Waals surface area contributed by atoms with E-state index in [1.807, 2.05) is 13.8 Å². The first-order valence-electron chi connectivity index (χ1n) is 10.5. The van der Waals surface area contributed by atoms with Gasteiger partial charge in [-0.25, -0.2) is 0 Å². The van der Waals surface area contributed by atoms with Crippen LogP contribution in [0.15, 0.2) is 12.2 Å². The van der Waals surface area contributed by atoms with E-state index in [1.165, 1.54) is 5.57 Å². The first-order valence-corrected chi connectivity index (χ1v) is 13.4. The van der Waals surface area contributed by atoms with Gasteiger partial charge in [-0.1, -0.05) is 32.9 Å². The van der Waals surface area contributed by atoms with Crippen molar-refractivity contribution >= 4 is 14.1 Å². The minimum atomic E-state index is -1.81. The fourth-order valence-electron chi connectivity index (χ4n) is 4.51. The Bertz CT molecular complexity index is 551. The minimum Gasteiger partial charge on any atom is -0.414 e. The van der Waals surface area contributed by atoms with Crippen LogP contribution in [0.4, 0.5) is 0 Å². The molecule has 0 aliphatic heterocycles. The standard InChI is InChI=1S/C22H40O4Si/c1-9-24-17(3)25-11-10-16(2)22-14-19(23)12-18(22)13-20(15-22)26-27(7,8)21(4,5)6/h17-18,20H,2,9-15H2,1,3-8H3/t17?,18-,20+,22+/m0/s1. The zero-order chi connectivity index (χ0) is 20.5. The SMILES string of the molecule is C=C(CCOC(C)OCC)[C@]12CC(=O)C[C@H]1C[C@@H](O[Si](C)(C)C(C)(C)C)C2. The number of hydrogen-bond donors (Lipinski definition) is 0. The molecule has 0 spiro atoms. The van der Waals surface area contributed by atoms with Crippen molar-refractivity contribution in [3.8, 4) is 0 Å². The molecule has 0 radical (unpaired) electrons. The normalized spacial score (nSPS) is 29.8. The van der Waals surface area contributed by atoms with Crippen LogP contribution in [-0.2, 0) is 18.7 Å². The van der Waals surface area contributed by atoms with Gasteiger partial charge in [-0.15, -0.1) is 0 Å². The highest BCUT2D eigenvalue weighted by molar-refractivity contribution is 6.74. The van der Waals surface area contributed by atoms with E-state index in [9.17, 15) is 4.79 Å². The molecule has 2 aliphatic carbocycles. The van der Waals surface area contributed by atoms with Crippen LogP contribution in [-0.4, -0.2) is 39.7 Å². The van der Waals surface area contributed by atoms with Gasteiger partial charge < -0.3 is 13.9 Å². The molecule has 0 bridgehead atoms. The molecule has 27 heavy (non-hydrogen) atoms. The molecule has 0 amide bonds. The number of carbonyl (C=O) groups excluding carboxylic acids is 1. The van der Waals surface area contributed by atoms with Crippen LogP contribution < -0.4 is 0 Å². The molecule has 1 unspecified atom stereocenters. The molecule has 0 N–H and O–H groups in total. The van der Waals surface area contributed by atoms with Crippen molar-refractivity contribution in [1.82, 2.24) is 0 Å². The van der Waals surface area contributed by atoms with Crippen molar-refractivity contribution in [3.05, 3.63) is 12.2 Å². The third-order valence-electron chi connectivity index (χ3n) is 7.04. The van der Waals surface area contributed by atoms with Crippen molar-refractivity contribution < 1.29 is 18.7 Å². The zero-order valence-electron chi connectivity index (χ0n) is 18.5. The number of fused-ring (bicyclic) bond motifs is 1. The molecule has 2 saturated carbocycles. The maximum Gasteiger partial charge on any atom is 0.192 e. The Morgan fingerprint density at radius 1 is 1.33 bits per heavy atom. The largest absolute Gasteiger partial charge is 0.414 e. The molecule has 2 aliphatic rings. The van der Waals surface area contributed by atoms with Gasteiger partial charge in [0, 0.05) is 31.0 Å². The number of hydrogen-bond acceptors (Lipinski definition) is 4. The summed E-state index contributed by atoms with van der Waals surface area (Å²) < 4.78 is 17.9. The minimum absolute atomic E-state index is 0.0810. The first-order chi connectivity index (χ1) is 12.4. The average molecular weight is 397 g/mol. The number of ether oxygens (including phenoxy) is 2. The molecule has 0 aromatic heterocycles. The highest BCUT2D eigenvalue weighted by Gasteiger charge is 2.55. The summed E-state index contributed by atoms with van der Waals surface area (Å²) in [7, 11) is -1.81. The van der Waals surface area contributed by atoms with Crippen LogP contribution in [0.3, 0.4) is 0 Å². The lowest BCUT2D eigenvalue weighted by Gasteiger charge is -2.39. The number of Topliss-reactive ketones (excluding diaryl/α,β-unsaturated/α-hetero) is 1. The highest BCUT2D eigenvalue weighted by atomic mass is 28.4. The summed E-state index contributed by atoms with van der Waals surface area (Å²) in [5.74, 6) is 0.770. The third kappa shape index (κ3) is 5.11. The van der Waals surface area contributed by atoms with Crippen LogP contribution >= 0.6 is 0 Å². The Hall–Kier alpha value is -0.493. The van der Waals surface area contributed by atoms with E-state index in [4.69, 9.17) is 13.9 Å². The molecule has 0 saturated heterocycles. The number of ketones is 1. The highest BCUT2D eigenvalue weighted by Crippen LogP contribution is 2.59. The summed E-state index contributed by atoms with van der Waals surface area (Å²) in [6, 6.07) is 0. The van der Waals surface area contributed by atoms with Gasteiger partial charge in [-0.05, 0) is 57.2 Å². The third-order valence-corrected chi connectivity index (χ3v) is 11.6. The smallest absolute Gasteiger partial charge is 0.192 e. The van der Waals surface area contributed by atoms with Gasteiger partial charge in [-0.2, -0.15) is 0 Å². The Morgan fingerprint density at radius 2 is 2.00 bits per heavy atom. The van der Waals surface area contributed by atoms with Gasteiger partial charge in [0.25, 0.3) is 0 Å².